The van der Waals surface area contributed by atoms with E-state index in [9.17, 15) is 4.79 Å². The first-order chi connectivity index (χ1) is 10.6. The van der Waals surface area contributed by atoms with E-state index in [4.69, 9.17) is 27.9 Å². The molecule has 0 amide bonds. The highest BCUT2D eigenvalue weighted by atomic mass is 35.5. The van der Waals surface area contributed by atoms with Gasteiger partial charge in [-0.3, -0.25) is 0 Å². The largest absolute Gasteiger partial charge is 0.461 e. The minimum atomic E-state index is -0.455. The van der Waals surface area contributed by atoms with Crippen LogP contribution in [0, 0.1) is 0 Å². The Bertz CT molecular complexity index is 681. The summed E-state index contributed by atoms with van der Waals surface area (Å²) in [5.74, 6) is 0.171. The lowest BCUT2D eigenvalue weighted by Crippen LogP contribution is -2.07. The van der Waals surface area contributed by atoms with Crippen molar-refractivity contribution in [3.8, 4) is 0 Å². The molecule has 5 nitrogen and oxygen atoms in total. The van der Waals surface area contributed by atoms with Gasteiger partial charge in [-0.2, -0.15) is 0 Å². The van der Waals surface area contributed by atoms with Crippen LogP contribution in [0.4, 0.5) is 0 Å². The second-order valence-electron chi connectivity index (χ2n) is 4.14. The molecule has 0 N–H and O–H groups in total. The molecule has 0 fully saturated rings. The number of thioether (sulfide) groups is 1. The van der Waals surface area contributed by atoms with Gasteiger partial charge in [0.15, 0.2) is 0 Å². The lowest BCUT2D eigenvalue weighted by atomic mass is 10.2. The molecule has 0 aliphatic carbocycles. The smallest absolute Gasteiger partial charge is 0.361 e. The van der Waals surface area contributed by atoms with Crippen molar-refractivity contribution in [2.45, 2.75) is 17.7 Å². The van der Waals surface area contributed by atoms with Crippen LogP contribution in [-0.2, 0) is 10.5 Å². The first-order valence-electron chi connectivity index (χ1n) is 6.44. The molecule has 0 bridgehead atoms. The Morgan fingerprint density at radius 3 is 2.82 bits per heavy atom. The number of hydrogen-bond acceptors (Lipinski definition) is 5. The highest BCUT2D eigenvalue weighted by molar-refractivity contribution is 7.98. The molecule has 9 heteroatoms. The third-order valence-electron chi connectivity index (χ3n) is 2.67. The minimum Gasteiger partial charge on any atom is -0.461 e. The van der Waals surface area contributed by atoms with Gasteiger partial charge >= 0.3 is 5.97 Å². The van der Waals surface area contributed by atoms with E-state index in [1.807, 2.05) is 18.8 Å². The van der Waals surface area contributed by atoms with Crippen LogP contribution in [0.25, 0.3) is 0 Å². The van der Waals surface area contributed by atoms with Crippen LogP contribution in [0.5, 0.6) is 0 Å². The third-order valence-corrected chi connectivity index (χ3v) is 5.42. The summed E-state index contributed by atoms with van der Waals surface area (Å²) >= 11 is 13.4. The second kappa shape index (κ2) is 8.16. The summed E-state index contributed by atoms with van der Waals surface area (Å²) in [6, 6.07) is 5.46. The highest BCUT2D eigenvalue weighted by Gasteiger charge is 2.21. The first-order valence-corrected chi connectivity index (χ1v) is 9.63. The second-order valence-corrected chi connectivity index (χ2v) is 6.79. The molecule has 1 aromatic carbocycles. The van der Waals surface area contributed by atoms with E-state index in [1.165, 1.54) is 11.8 Å². The van der Waals surface area contributed by atoms with Gasteiger partial charge < -0.3 is 4.74 Å². The average Bonchev–Trinajstić information content (AvgIpc) is 2.91. The van der Waals surface area contributed by atoms with Crippen LogP contribution in [0.2, 0.25) is 10.0 Å². The van der Waals surface area contributed by atoms with Gasteiger partial charge in [0, 0.05) is 14.5 Å². The molecule has 0 saturated carbocycles. The fraction of sp³-hybridized carbons (Fsp3) is 0.308. The number of rotatable bonds is 6. The Hall–Kier alpha value is -0.810. The molecule has 0 radical (unpaired) electrons. The molecule has 0 aliphatic heterocycles. The van der Waals surface area contributed by atoms with Crippen LogP contribution < -0.4 is 0 Å². The maximum atomic E-state index is 11.9. The van der Waals surface area contributed by atoms with Gasteiger partial charge in [0.05, 0.1) is 16.7 Å². The SMILES string of the molecule is CCOC(=O)c1nnn(PC)c1SCc1ccc(Cl)c(Cl)c1. The predicted molar refractivity (Wildman–Crippen MR) is 91.6 cm³/mol. The van der Waals surface area contributed by atoms with Crippen LogP contribution in [0.3, 0.4) is 0 Å². The molecule has 118 valence electrons. The number of hydrogen-bond donors (Lipinski definition) is 0. The normalized spacial score (nSPS) is 11.3. The lowest BCUT2D eigenvalue weighted by Gasteiger charge is -2.06. The zero-order valence-electron chi connectivity index (χ0n) is 12.0. The van der Waals surface area contributed by atoms with E-state index < -0.39 is 5.97 Å². The molecule has 1 heterocycles. The fourth-order valence-corrected chi connectivity index (χ4v) is 3.79. The van der Waals surface area contributed by atoms with Crippen molar-refractivity contribution in [2.24, 2.45) is 0 Å². The number of halogens is 2. The summed E-state index contributed by atoms with van der Waals surface area (Å²) in [6.07, 6.45) is 0. The third kappa shape index (κ3) is 4.13. The number of nitrogens with zero attached hydrogens (tertiary/aromatic N) is 3. The van der Waals surface area contributed by atoms with E-state index in [0.717, 1.165) is 5.56 Å². The molecule has 1 unspecified atom stereocenters. The molecule has 1 atom stereocenters. The number of esters is 1. The summed E-state index contributed by atoms with van der Waals surface area (Å²) < 4.78 is 6.71. The Kier molecular flexibility index (Phi) is 6.50. The number of carbonyl (C=O) groups is 1. The van der Waals surface area contributed by atoms with Crippen LogP contribution in [0.1, 0.15) is 23.0 Å². The maximum Gasteiger partial charge on any atom is 0.361 e. The number of benzene rings is 1. The molecule has 0 spiro atoms. The van der Waals surface area contributed by atoms with Crippen molar-refractivity contribution in [1.29, 1.82) is 0 Å². The Morgan fingerprint density at radius 1 is 1.41 bits per heavy atom. The van der Waals surface area contributed by atoms with Gasteiger partial charge in [-0.05, 0) is 31.3 Å². The van der Waals surface area contributed by atoms with Crippen molar-refractivity contribution >= 4 is 49.7 Å². The zero-order chi connectivity index (χ0) is 16.1. The summed E-state index contributed by atoms with van der Waals surface area (Å²) in [5.41, 5.74) is 1.25. The molecule has 0 aliphatic rings. The van der Waals surface area contributed by atoms with Gasteiger partial charge in [-0.15, -0.1) is 5.10 Å². The van der Waals surface area contributed by atoms with Gasteiger partial charge in [-0.1, -0.05) is 46.2 Å². The average molecular weight is 378 g/mol. The Morgan fingerprint density at radius 2 is 2.18 bits per heavy atom. The standard InChI is InChI=1S/C13H14Cl2N3O2PS/c1-3-20-13(19)11-12(18(21-2)17-16-11)22-7-8-4-5-9(14)10(15)6-8/h4-6,21H,3,7H2,1-2H3. The van der Waals surface area contributed by atoms with E-state index in [1.54, 1.807) is 17.4 Å². The molecule has 2 rings (SSSR count). The van der Waals surface area contributed by atoms with Gasteiger partial charge in [0.2, 0.25) is 5.69 Å². The number of aromatic nitrogens is 3. The molecular formula is C13H14Cl2N3O2PS. The van der Waals surface area contributed by atoms with Crippen LogP contribution >= 0.6 is 43.7 Å². The molecule has 0 saturated heterocycles. The molecule has 2 aromatic rings. The summed E-state index contributed by atoms with van der Waals surface area (Å²) in [6.45, 7) is 4.02. The topological polar surface area (TPSA) is 57.0 Å². The van der Waals surface area contributed by atoms with Crippen molar-refractivity contribution in [3.63, 3.8) is 0 Å². The summed E-state index contributed by atoms with van der Waals surface area (Å²) in [7, 11) is 0.375. The Labute approximate surface area is 144 Å². The van der Waals surface area contributed by atoms with Gasteiger partial charge in [-0.25, -0.2) is 9.25 Å². The molecule has 1 aromatic heterocycles. The van der Waals surface area contributed by atoms with E-state index in [0.29, 0.717) is 36.2 Å². The highest BCUT2D eigenvalue weighted by Crippen LogP contribution is 2.31. The number of ether oxygens (including phenoxy) is 1. The van der Waals surface area contributed by atoms with Crippen molar-refractivity contribution in [1.82, 2.24) is 14.8 Å². The Balaban J connectivity index is 2.18. The fourth-order valence-electron chi connectivity index (χ4n) is 1.66. The minimum absolute atomic E-state index is 0.251. The van der Waals surface area contributed by atoms with Crippen molar-refractivity contribution < 1.29 is 9.53 Å². The summed E-state index contributed by atoms with van der Waals surface area (Å²) in [5, 5.41) is 9.64. The van der Waals surface area contributed by atoms with Gasteiger partial charge in [0.1, 0.15) is 5.03 Å². The predicted octanol–water partition coefficient (Wildman–Crippen LogP) is 4.13. The quantitative estimate of drug-likeness (QED) is 0.430. The van der Waals surface area contributed by atoms with E-state index >= 15 is 0 Å². The monoisotopic (exact) mass is 377 g/mol. The molecule has 22 heavy (non-hydrogen) atoms. The molecular weight excluding hydrogens is 364 g/mol. The van der Waals surface area contributed by atoms with Gasteiger partial charge in [0.25, 0.3) is 0 Å². The summed E-state index contributed by atoms with van der Waals surface area (Å²) in [4.78, 5) is 11.9. The first kappa shape index (κ1) is 17.5. The maximum absolute atomic E-state index is 11.9. The van der Waals surface area contributed by atoms with E-state index in [-0.39, 0.29) is 5.69 Å². The lowest BCUT2D eigenvalue weighted by molar-refractivity contribution is 0.0515. The zero-order valence-corrected chi connectivity index (χ0v) is 15.3. The van der Waals surface area contributed by atoms with Crippen LogP contribution in [-0.4, -0.2) is 34.0 Å². The number of carbonyl (C=O) groups excluding carboxylic acids is 1. The van der Waals surface area contributed by atoms with Crippen molar-refractivity contribution in [3.05, 3.63) is 39.5 Å². The van der Waals surface area contributed by atoms with Crippen molar-refractivity contribution in [2.75, 3.05) is 13.3 Å². The van der Waals surface area contributed by atoms with E-state index in [2.05, 4.69) is 10.3 Å². The van der Waals surface area contributed by atoms with Crippen LogP contribution in [0.15, 0.2) is 23.2 Å².